The molecule has 0 N–H and O–H groups in total. The summed E-state index contributed by atoms with van der Waals surface area (Å²) in [4.78, 5) is 26.4. The highest BCUT2D eigenvalue weighted by Crippen LogP contribution is 2.30. The van der Waals surface area contributed by atoms with Crippen LogP contribution in [0, 0.1) is 0 Å². The van der Waals surface area contributed by atoms with Crippen LogP contribution in [-0.2, 0) is 17.7 Å². The number of anilines is 1. The quantitative estimate of drug-likeness (QED) is 0.670. The minimum Gasteiger partial charge on any atom is -0.465 e. The van der Waals surface area contributed by atoms with Crippen molar-refractivity contribution < 1.29 is 14.3 Å². The SMILES string of the molecule is COC(=O)c1ccc2c(c1)CCN2C(=O)c1cnn(Cc2ccccc2)c1. The van der Waals surface area contributed by atoms with Crippen molar-refractivity contribution in [1.29, 1.82) is 0 Å². The van der Waals surface area contributed by atoms with Gasteiger partial charge in [0.2, 0.25) is 0 Å². The van der Waals surface area contributed by atoms with E-state index in [2.05, 4.69) is 5.10 Å². The predicted molar refractivity (Wildman–Crippen MR) is 101 cm³/mol. The Morgan fingerprint density at radius 3 is 2.70 bits per heavy atom. The molecule has 136 valence electrons. The number of carbonyl (C=O) groups excluding carboxylic acids is 2. The van der Waals surface area contributed by atoms with Crippen LogP contribution < -0.4 is 4.90 Å². The fourth-order valence-electron chi connectivity index (χ4n) is 3.34. The summed E-state index contributed by atoms with van der Waals surface area (Å²) in [6.07, 6.45) is 4.09. The van der Waals surface area contributed by atoms with E-state index in [9.17, 15) is 9.59 Å². The van der Waals surface area contributed by atoms with E-state index < -0.39 is 0 Å². The molecule has 0 unspecified atom stereocenters. The summed E-state index contributed by atoms with van der Waals surface area (Å²) in [6, 6.07) is 15.3. The number of hydrogen-bond acceptors (Lipinski definition) is 4. The molecule has 2 aromatic carbocycles. The van der Waals surface area contributed by atoms with E-state index in [4.69, 9.17) is 4.74 Å². The van der Waals surface area contributed by atoms with Gasteiger partial charge in [-0.1, -0.05) is 30.3 Å². The van der Waals surface area contributed by atoms with Crippen LogP contribution in [0.2, 0.25) is 0 Å². The van der Waals surface area contributed by atoms with E-state index in [1.54, 1.807) is 40.2 Å². The van der Waals surface area contributed by atoms with Crippen molar-refractivity contribution in [2.45, 2.75) is 13.0 Å². The van der Waals surface area contributed by atoms with Crippen molar-refractivity contribution in [3.8, 4) is 0 Å². The molecule has 6 heteroatoms. The first-order valence-corrected chi connectivity index (χ1v) is 8.75. The monoisotopic (exact) mass is 361 g/mol. The third-order valence-electron chi connectivity index (χ3n) is 4.71. The minimum atomic E-state index is -0.371. The van der Waals surface area contributed by atoms with E-state index in [0.717, 1.165) is 16.8 Å². The molecule has 0 spiro atoms. The normalized spacial score (nSPS) is 12.7. The van der Waals surface area contributed by atoms with Crippen molar-refractivity contribution in [3.63, 3.8) is 0 Å². The molecule has 27 heavy (non-hydrogen) atoms. The Morgan fingerprint density at radius 2 is 1.93 bits per heavy atom. The molecule has 2 heterocycles. The van der Waals surface area contributed by atoms with Crippen molar-refractivity contribution >= 4 is 17.6 Å². The summed E-state index contributed by atoms with van der Waals surface area (Å²) in [5.41, 5.74) is 3.99. The minimum absolute atomic E-state index is 0.0844. The van der Waals surface area contributed by atoms with Crippen molar-refractivity contribution in [2.75, 3.05) is 18.6 Å². The molecular formula is C21H19N3O3. The first-order valence-electron chi connectivity index (χ1n) is 8.75. The molecule has 0 saturated carbocycles. The molecule has 0 bridgehead atoms. The van der Waals surface area contributed by atoms with Crippen LogP contribution in [0.1, 0.15) is 31.8 Å². The number of nitrogens with zero attached hydrogens (tertiary/aromatic N) is 3. The number of carbonyl (C=O) groups is 2. The van der Waals surface area contributed by atoms with E-state index >= 15 is 0 Å². The van der Waals surface area contributed by atoms with Crippen LogP contribution in [0.25, 0.3) is 0 Å². The van der Waals surface area contributed by atoms with Crippen LogP contribution in [0.5, 0.6) is 0 Å². The molecule has 4 rings (SSSR count). The fourth-order valence-corrected chi connectivity index (χ4v) is 3.34. The molecule has 0 atom stereocenters. The highest BCUT2D eigenvalue weighted by atomic mass is 16.5. The van der Waals surface area contributed by atoms with Gasteiger partial charge in [-0.15, -0.1) is 0 Å². The second-order valence-corrected chi connectivity index (χ2v) is 6.45. The van der Waals surface area contributed by atoms with Gasteiger partial charge in [-0.2, -0.15) is 5.10 Å². The molecule has 1 aliphatic heterocycles. The third-order valence-corrected chi connectivity index (χ3v) is 4.71. The highest BCUT2D eigenvalue weighted by Gasteiger charge is 2.27. The van der Waals surface area contributed by atoms with Gasteiger partial charge in [0.25, 0.3) is 5.91 Å². The molecule has 0 aliphatic carbocycles. The Bertz CT molecular complexity index is 995. The number of ether oxygens (including phenoxy) is 1. The van der Waals surface area contributed by atoms with Gasteiger partial charge in [0.1, 0.15) is 0 Å². The number of aromatic nitrogens is 2. The van der Waals surface area contributed by atoms with Gasteiger partial charge in [0.15, 0.2) is 0 Å². The number of fused-ring (bicyclic) bond motifs is 1. The zero-order valence-corrected chi connectivity index (χ0v) is 15.0. The molecule has 3 aromatic rings. The van der Waals surface area contributed by atoms with E-state index in [0.29, 0.717) is 30.6 Å². The summed E-state index contributed by atoms with van der Waals surface area (Å²) >= 11 is 0. The summed E-state index contributed by atoms with van der Waals surface area (Å²) < 4.78 is 6.52. The van der Waals surface area contributed by atoms with Gasteiger partial charge in [0, 0.05) is 18.4 Å². The van der Waals surface area contributed by atoms with Gasteiger partial charge < -0.3 is 9.64 Å². The molecule has 1 aromatic heterocycles. The Balaban J connectivity index is 1.53. The highest BCUT2D eigenvalue weighted by molar-refractivity contribution is 6.07. The maximum absolute atomic E-state index is 12.9. The van der Waals surface area contributed by atoms with Gasteiger partial charge >= 0.3 is 5.97 Å². The van der Waals surface area contributed by atoms with Gasteiger partial charge in [-0.25, -0.2) is 4.79 Å². The molecule has 6 nitrogen and oxygen atoms in total. The molecular weight excluding hydrogens is 342 g/mol. The van der Waals surface area contributed by atoms with E-state index in [-0.39, 0.29) is 11.9 Å². The summed E-state index contributed by atoms with van der Waals surface area (Å²) in [5, 5.41) is 4.32. The van der Waals surface area contributed by atoms with Crippen LogP contribution in [0.4, 0.5) is 5.69 Å². The molecule has 1 amide bonds. The standard InChI is InChI=1S/C21H19N3O3/c1-27-21(26)17-7-8-19-16(11-17)9-10-24(19)20(25)18-12-22-23(14-18)13-15-5-3-2-4-6-15/h2-8,11-12,14H,9-10,13H2,1H3. The van der Waals surface area contributed by atoms with Crippen molar-refractivity contribution in [1.82, 2.24) is 9.78 Å². The number of amides is 1. The fraction of sp³-hybridized carbons (Fsp3) is 0.190. The number of rotatable bonds is 4. The molecule has 0 fully saturated rings. The molecule has 0 saturated heterocycles. The first-order chi connectivity index (χ1) is 13.2. The average molecular weight is 361 g/mol. The summed E-state index contributed by atoms with van der Waals surface area (Å²) in [5.74, 6) is -0.455. The Hall–Kier alpha value is -3.41. The Morgan fingerprint density at radius 1 is 1.11 bits per heavy atom. The average Bonchev–Trinajstić information content (AvgIpc) is 3.34. The maximum atomic E-state index is 12.9. The van der Waals surface area contributed by atoms with Crippen LogP contribution in [-0.4, -0.2) is 35.3 Å². The third kappa shape index (κ3) is 3.33. The predicted octanol–water partition coefficient (Wildman–Crippen LogP) is 2.92. The number of hydrogen-bond donors (Lipinski definition) is 0. The van der Waals surface area contributed by atoms with Crippen LogP contribution in [0.3, 0.4) is 0 Å². The smallest absolute Gasteiger partial charge is 0.337 e. The largest absolute Gasteiger partial charge is 0.465 e. The van der Waals surface area contributed by atoms with Gasteiger partial charge in [0.05, 0.1) is 31.0 Å². The topological polar surface area (TPSA) is 64.4 Å². The zero-order chi connectivity index (χ0) is 18.8. The molecule has 0 radical (unpaired) electrons. The second kappa shape index (κ2) is 7.07. The van der Waals surface area contributed by atoms with E-state index in [1.165, 1.54) is 7.11 Å². The first kappa shape index (κ1) is 17.0. The maximum Gasteiger partial charge on any atom is 0.337 e. The Labute approximate surface area is 157 Å². The number of methoxy groups -OCH3 is 1. The lowest BCUT2D eigenvalue weighted by Crippen LogP contribution is -2.28. The lowest BCUT2D eigenvalue weighted by Gasteiger charge is -2.16. The van der Waals surface area contributed by atoms with E-state index in [1.807, 2.05) is 30.3 Å². The zero-order valence-electron chi connectivity index (χ0n) is 15.0. The van der Waals surface area contributed by atoms with Crippen molar-refractivity contribution in [2.24, 2.45) is 0 Å². The second-order valence-electron chi connectivity index (χ2n) is 6.45. The van der Waals surface area contributed by atoms with Gasteiger partial charge in [-0.3, -0.25) is 9.48 Å². The number of esters is 1. The van der Waals surface area contributed by atoms with Gasteiger partial charge in [-0.05, 0) is 35.7 Å². The molecule has 1 aliphatic rings. The van der Waals surface area contributed by atoms with Crippen LogP contribution in [0.15, 0.2) is 60.9 Å². The number of benzene rings is 2. The van der Waals surface area contributed by atoms with Crippen LogP contribution >= 0.6 is 0 Å². The summed E-state index contributed by atoms with van der Waals surface area (Å²) in [6.45, 7) is 1.20. The van der Waals surface area contributed by atoms with Crippen molar-refractivity contribution in [3.05, 3.63) is 83.2 Å². The lowest BCUT2D eigenvalue weighted by atomic mass is 10.1. The summed E-state index contributed by atoms with van der Waals surface area (Å²) in [7, 11) is 1.36. The lowest BCUT2D eigenvalue weighted by molar-refractivity contribution is 0.0600. The Kier molecular flexibility index (Phi) is 4.46.